The van der Waals surface area contributed by atoms with E-state index in [-0.39, 0.29) is 0 Å². The molecule has 11 heavy (non-hydrogen) atoms. The molecule has 0 bridgehead atoms. The van der Waals surface area contributed by atoms with Crippen LogP contribution >= 0.6 is 0 Å². The highest BCUT2D eigenvalue weighted by molar-refractivity contribution is 5.13. The van der Waals surface area contributed by atoms with Crippen LogP contribution in [0.4, 0.5) is 0 Å². The van der Waals surface area contributed by atoms with Crippen molar-refractivity contribution in [1.82, 2.24) is 5.32 Å². The molecule has 2 atom stereocenters. The van der Waals surface area contributed by atoms with E-state index in [1.807, 2.05) is 0 Å². The van der Waals surface area contributed by atoms with Crippen LogP contribution in [0.3, 0.4) is 0 Å². The van der Waals surface area contributed by atoms with E-state index < -0.39 is 0 Å². The minimum Gasteiger partial charge on any atom is -0.306 e. The maximum atomic E-state index is 3.98. The van der Waals surface area contributed by atoms with E-state index >= 15 is 0 Å². The van der Waals surface area contributed by atoms with E-state index in [0.29, 0.717) is 12.0 Å². The average Bonchev–Trinajstić information content (AvgIpc) is 2.04. The van der Waals surface area contributed by atoms with Gasteiger partial charge in [-0.3, -0.25) is 0 Å². The first kappa shape index (κ1) is 8.54. The van der Waals surface area contributed by atoms with E-state index in [0.717, 1.165) is 6.54 Å². The topological polar surface area (TPSA) is 12.0 Å². The molecule has 1 N–H and O–H groups in total. The molecule has 62 valence electrons. The van der Waals surface area contributed by atoms with Gasteiger partial charge in [0.2, 0.25) is 0 Å². The van der Waals surface area contributed by atoms with Gasteiger partial charge in [0.15, 0.2) is 0 Å². The summed E-state index contributed by atoms with van der Waals surface area (Å²) in [6.45, 7) is 9.29. The molecule has 0 spiro atoms. The molecular formula is C10H17N. The van der Waals surface area contributed by atoms with Crippen LogP contribution < -0.4 is 5.32 Å². The third-order valence-corrected chi connectivity index (χ3v) is 2.27. The molecule has 0 aliphatic carbocycles. The van der Waals surface area contributed by atoms with Crippen molar-refractivity contribution in [3.63, 3.8) is 0 Å². The van der Waals surface area contributed by atoms with Gasteiger partial charge in [0, 0.05) is 12.6 Å². The van der Waals surface area contributed by atoms with Gasteiger partial charge in [-0.05, 0) is 19.3 Å². The van der Waals surface area contributed by atoms with Crippen molar-refractivity contribution in [3.05, 3.63) is 24.3 Å². The smallest absolute Gasteiger partial charge is 0.0339 e. The Hall–Kier alpha value is -0.560. The summed E-state index contributed by atoms with van der Waals surface area (Å²) in [5.41, 5.74) is 1.25. The zero-order valence-electron chi connectivity index (χ0n) is 7.43. The van der Waals surface area contributed by atoms with Gasteiger partial charge in [-0.2, -0.15) is 0 Å². The summed E-state index contributed by atoms with van der Waals surface area (Å²) >= 11 is 0. The number of hydrogen-bond acceptors (Lipinski definition) is 1. The van der Waals surface area contributed by atoms with Crippen LogP contribution in [0.1, 0.15) is 20.3 Å². The van der Waals surface area contributed by atoms with E-state index in [1.165, 1.54) is 12.0 Å². The van der Waals surface area contributed by atoms with Crippen LogP contribution in [0.25, 0.3) is 0 Å². The van der Waals surface area contributed by atoms with Crippen molar-refractivity contribution in [2.75, 3.05) is 6.54 Å². The minimum absolute atomic E-state index is 0.505. The summed E-state index contributed by atoms with van der Waals surface area (Å²) in [7, 11) is 0. The van der Waals surface area contributed by atoms with Crippen molar-refractivity contribution in [2.24, 2.45) is 5.92 Å². The maximum absolute atomic E-state index is 3.98. The summed E-state index contributed by atoms with van der Waals surface area (Å²) in [5.74, 6) is 0.654. The Bertz CT molecular complexity index is 170. The molecule has 1 heteroatoms. The van der Waals surface area contributed by atoms with Gasteiger partial charge in [0.25, 0.3) is 0 Å². The minimum atomic E-state index is 0.505. The number of nitrogens with one attached hydrogen (secondary N) is 1. The predicted octanol–water partition coefficient (Wildman–Crippen LogP) is 2.12. The van der Waals surface area contributed by atoms with Crippen molar-refractivity contribution < 1.29 is 0 Å². The fraction of sp³-hybridized carbons (Fsp3) is 0.600. The maximum Gasteiger partial charge on any atom is 0.0339 e. The molecule has 0 aromatic heterocycles. The quantitative estimate of drug-likeness (QED) is 0.596. The third-order valence-electron chi connectivity index (χ3n) is 2.27. The molecule has 0 saturated heterocycles. The zero-order chi connectivity index (χ0) is 8.27. The Morgan fingerprint density at radius 2 is 2.45 bits per heavy atom. The Balaban J connectivity index is 2.63. The van der Waals surface area contributed by atoms with E-state index in [1.54, 1.807) is 0 Å². The fourth-order valence-corrected chi connectivity index (χ4v) is 1.61. The summed E-state index contributed by atoms with van der Waals surface area (Å²) in [6, 6.07) is 0.505. The van der Waals surface area contributed by atoms with Gasteiger partial charge in [-0.25, -0.2) is 0 Å². The third kappa shape index (κ3) is 1.93. The zero-order valence-corrected chi connectivity index (χ0v) is 7.43. The van der Waals surface area contributed by atoms with Crippen molar-refractivity contribution in [3.8, 4) is 0 Å². The summed E-state index contributed by atoms with van der Waals surface area (Å²) in [5, 5.41) is 3.43. The van der Waals surface area contributed by atoms with Gasteiger partial charge in [-0.1, -0.05) is 31.2 Å². The number of rotatable bonds is 2. The predicted molar refractivity (Wildman–Crippen MR) is 49.5 cm³/mol. The molecule has 0 radical (unpaired) electrons. The second-order valence-electron chi connectivity index (χ2n) is 3.23. The van der Waals surface area contributed by atoms with E-state index in [4.69, 9.17) is 0 Å². The van der Waals surface area contributed by atoms with Crippen LogP contribution in [-0.4, -0.2) is 12.6 Å². The van der Waals surface area contributed by atoms with Crippen molar-refractivity contribution >= 4 is 0 Å². The van der Waals surface area contributed by atoms with Crippen LogP contribution in [0.5, 0.6) is 0 Å². The molecule has 0 aromatic rings. The molecule has 0 saturated carbocycles. The van der Waals surface area contributed by atoms with Crippen LogP contribution in [0.15, 0.2) is 24.3 Å². The van der Waals surface area contributed by atoms with Gasteiger partial charge in [-0.15, -0.1) is 0 Å². The highest BCUT2D eigenvalue weighted by Gasteiger charge is 2.19. The van der Waals surface area contributed by atoms with Crippen molar-refractivity contribution in [1.29, 1.82) is 0 Å². The summed E-state index contributed by atoms with van der Waals surface area (Å²) in [4.78, 5) is 0. The molecule has 1 rings (SSSR count). The molecule has 0 amide bonds. The molecule has 0 fully saturated rings. The molecule has 1 aliphatic heterocycles. The highest BCUT2D eigenvalue weighted by Crippen LogP contribution is 2.18. The molecule has 0 aromatic carbocycles. The van der Waals surface area contributed by atoms with E-state index in [2.05, 4.69) is 37.9 Å². The molecule has 1 heterocycles. The van der Waals surface area contributed by atoms with Crippen LogP contribution in [-0.2, 0) is 0 Å². The lowest BCUT2D eigenvalue weighted by molar-refractivity contribution is 0.443. The summed E-state index contributed by atoms with van der Waals surface area (Å²) < 4.78 is 0. The van der Waals surface area contributed by atoms with Crippen molar-refractivity contribution in [2.45, 2.75) is 26.3 Å². The Kier molecular flexibility index (Phi) is 2.89. The Morgan fingerprint density at radius 1 is 1.73 bits per heavy atom. The van der Waals surface area contributed by atoms with Gasteiger partial charge < -0.3 is 5.32 Å². The Labute approximate surface area is 69.2 Å². The van der Waals surface area contributed by atoms with Crippen LogP contribution in [0, 0.1) is 5.92 Å². The molecule has 1 nitrogen and oxygen atoms in total. The average molecular weight is 151 g/mol. The lowest BCUT2D eigenvalue weighted by Gasteiger charge is -2.28. The van der Waals surface area contributed by atoms with Gasteiger partial charge in [0.1, 0.15) is 0 Å². The second kappa shape index (κ2) is 3.72. The first-order chi connectivity index (χ1) is 5.25. The van der Waals surface area contributed by atoms with Crippen LogP contribution in [0.2, 0.25) is 0 Å². The standard InChI is InChI=1S/C10H17N/c1-4-9-6-5-7-11-10(9)8(2)3/h5-6,9-11H,2,4,7H2,1,3H3. The first-order valence-corrected chi connectivity index (χ1v) is 4.31. The molecular weight excluding hydrogens is 134 g/mol. The molecule has 2 unspecified atom stereocenters. The first-order valence-electron chi connectivity index (χ1n) is 4.31. The van der Waals surface area contributed by atoms with Gasteiger partial charge >= 0.3 is 0 Å². The SMILES string of the molecule is C=C(C)C1NCC=CC1CC. The normalized spacial score (nSPS) is 30.4. The monoisotopic (exact) mass is 151 g/mol. The second-order valence-corrected chi connectivity index (χ2v) is 3.23. The van der Waals surface area contributed by atoms with E-state index in [9.17, 15) is 0 Å². The number of hydrogen-bond donors (Lipinski definition) is 1. The lowest BCUT2D eigenvalue weighted by atomic mass is 9.90. The summed E-state index contributed by atoms with van der Waals surface area (Å²) in [6.07, 6.45) is 5.70. The Morgan fingerprint density at radius 3 is 2.91 bits per heavy atom. The lowest BCUT2D eigenvalue weighted by Crippen LogP contribution is -2.38. The highest BCUT2D eigenvalue weighted by atomic mass is 14.9. The van der Waals surface area contributed by atoms with Gasteiger partial charge in [0.05, 0.1) is 0 Å². The fourth-order valence-electron chi connectivity index (χ4n) is 1.61. The largest absolute Gasteiger partial charge is 0.306 e. The molecule has 1 aliphatic rings.